The molecule has 0 spiro atoms. The van der Waals surface area contributed by atoms with Crippen molar-refractivity contribution in [2.24, 2.45) is 0 Å². The zero-order chi connectivity index (χ0) is 13.5. The highest BCUT2D eigenvalue weighted by Crippen LogP contribution is 2.29. The summed E-state index contributed by atoms with van der Waals surface area (Å²) >= 11 is 0. The minimum atomic E-state index is 0.191. The van der Waals surface area contributed by atoms with Gasteiger partial charge in [0, 0.05) is 31.3 Å². The lowest BCUT2D eigenvalue weighted by molar-refractivity contribution is 0.0930. The first-order chi connectivity index (χ1) is 8.61. The number of phenolic OH excluding ortho intramolecular Hbond substituents is 1. The van der Waals surface area contributed by atoms with Crippen LogP contribution in [0.1, 0.15) is 38.8 Å². The van der Waals surface area contributed by atoms with Crippen molar-refractivity contribution in [3.63, 3.8) is 0 Å². The molecule has 1 rings (SSSR count). The lowest BCUT2D eigenvalue weighted by Gasteiger charge is -2.34. The third-order valence-corrected chi connectivity index (χ3v) is 3.59. The third kappa shape index (κ3) is 3.72. The molecule has 0 bridgehead atoms. The summed E-state index contributed by atoms with van der Waals surface area (Å²) in [6.45, 7) is 8.12. The molecule has 0 aliphatic rings. The highest BCUT2D eigenvalue weighted by molar-refractivity contribution is 5.34. The number of methoxy groups -OCH3 is 1. The van der Waals surface area contributed by atoms with E-state index in [1.165, 1.54) is 0 Å². The molecule has 18 heavy (non-hydrogen) atoms. The van der Waals surface area contributed by atoms with Gasteiger partial charge in [-0.15, -0.1) is 0 Å². The van der Waals surface area contributed by atoms with Gasteiger partial charge in [-0.25, -0.2) is 0 Å². The van der Waals surface area contributed by atoms with Gasteiger partial charge in [-0.05, 0) is 26.3 Å². The standard InChI is InChI=1S/C15H25NO2/c1-5-12(2)16(10-11-18-4)13(3)14-8-6-7-9-15(14)17/h6-9,12-13,17H,5,10-11H2,1-4H3. The maximum Gasteiger partial charge on any atom is 0.120 e. The van der Waals surface area contributed by atoms with E-state index in [-0.39, 0.29) is 6.04 Å². The fraction of sp³-hybridized carbons (Fsp3) is 0.600. The molecule has 1 aromatic rings. The van der Waals surface area contributed by atoms with Gasteiger partial charge in [0.15, 0.2) is 0 Å². The Bertz CT molecular complexity index is 354. The molecule has 2 atom stereocenters. The molecular weight excluding hydrogens is 226 g/mol. The quantitative estimate of drug-likeness (QED) is 0.807. The normalized spacial score (nSPS) is 14.7. The number of aromatic hydroxyl groups is 1. The van der Waals surface area contributed by atoms with E-state index in [0.29, 0.717) is 18.4 Å². The first-order valence-corrected chi connectivity index (χ1v) is 6.64. The summed E-state index contributed by atoms with van der Waals surface area (Å²) in [5, 5.41) is 9.95. The maximum atomic E-state index is 9.95. The highest BCUT2D eigenvalue weighted by atomic mass is 16.5. The van der Waals surface area contributed by atoms with E-state index in [0.717, 1.165) is 18.5 Å². The molecule has 0 aliphatic heterocycles. The van der Waals surface area contributed by atoms with Gasteiger partial charge in [0.05, 0.1) is 6.61 Å². The van der Waals surface area contributed by atoms with Crippen molar-refractivity contribution >= 4 is 0 Å². The molecule has 0 saturated heterocycles. The Morgan fingerprint density at radius 1 is 1.28 bits per heavy atom. The maximum absolute atomic E-state index is 9.95. The van der Waals surface area contributed by atoms with Gasteiger partial charge in [0.25, 0.3) is 0 Å². The molecule has 0 fully saturated rings. The average molecular weight is 251 g/mol. The molecule has 3 heteroatoms. The van der Waals surface area contributed by atoms with Crippen LogP contribution in [0.5, 0.6) is 5.75 Å². The number of hydrogen-bond acceptors (Lipinski definition) is 3. The van der Waals surface area contributed by atoms with Crippen LogP contribution in [0.15, 0.2) is 24.3 Å². The molecule has 102 valence electrons. The molecule has 0 saturated carbocycles. The van der Waals surface area contributed by atoms with Gasteiger partial charge in [0.2, 0.25) is 0 Å². The fourth-order valence-corrected chi connectivity index (χ4v) is 2.25. The van der Waals surface area contributed by atoms with E-state index >= 15 is 0 Å². The zero-order valence-electron chi connectivity index (χ0n) is 11.9. The lowest BCUT2D eigenvalue weighted by Crippen LogP contribution is -2.37. The van der Waals surface area contributed by atoms with Crippen molar-refractivity contribution in [1.82, 2.24) is 4.90 Å². The number of hydrogen-bond donors (Lipinski definition) is 1. The Morgan fingerprint density at radius 3 is 2.50 bits per heavy atom. The Balaban J connectivity index is 2.87. The molecule has 0 radical (unpaired) electrons. The topological polar surface area (TPSA) is 32.7 Å². The Labute approximate surface area is 110 Å². The van der Waals surface area contributed by atoms with Crippen molar-refractivity contribution in [1.29, 1.82) is 0 Å². The van der Waals surface area contributed by atoms with E-state index in [1.54, 1.807) is 13.2 Å². The van der Waals surface area contributed by atoms with Crippen LogP contribution in [0.25, 0.3) is 0 Å². The molecule has 0 aromatic heterocycles. The molecular formula is C15H25NO2. The molecule has 1 N–H and O–H groups in total. The van der Waals surface area contributed by atoms with E-state index in [9.17, 15) is 5.11 Å². The summed E-state index contributed by atoms with van der Waals surface area (Å²) in [6, 6.07) is 8.22. The van der Waals surface area contributed by atoms with Crippen LogP contribution >= 0.6 is 0 Å². The highest BCUT2D eigenvalue weighted by Gasteiger charge is 2.21. The number of benzene rings is 1. The van der Waals surface area contributed by atoms with E-state index in [2.05, 4.69) is 25.7 Å². The SMILES string of the molecule is CCC(C)N(CCOC)C(C)c1ccccc1O. The van der Waals surface area contributed by atoms with Crippen LogP contribution in [-0.2, 0) is 4.74 Å². The second-order valence-electron chi connectivity index (χ2n) is 4.72. The average Bonchev–Trinajstić information content (AvgIpc) is 2.39. The predicted octanol–water partition coefficient (Wildman–Crippen LogP) is 3.20. The number of rotatable bonds is 7. The minimum absolute atomic E-state index is 0.191. The van der Waals surface area contributed by atoms with E-state index in [1.807, 2.05) is 18.2 Å². The molecule has 0 amide bonds. The third-order valence-electron chi connectivity index (χ3n) is 3.59. The smallest absolute Gasteiger partial charge is 0.120 e. The van der Waals surface area contributed by atoms with Crippen molar-refractivity contribution < 1.29 is 9.84 Å². The minimum Gasteiger partial charge on any atom is -0.508 e. The molecule has 0 heterocycles. The second-order valence-corrected chi connectivity index (χ2v) is 4.72. The number of ether oxygens (including phenoxy) is 1. The van der Waals surface area contributed by atoms with Crippen LogP contribution in [0.2, 0.25) is 0 Å². The van der Waals surface area contributed by atoms with Crippen LogP contribution < -0.4 is 0 Å². The number of nitrogens with zero attached hydrogens (tertiary/aromatic N) is 1. The summed E-state index contributed by atoms with van der Waals surface area (Å²) < 4.78 is 5.18. The Hall–Kier alpha value is -1.06. The van der Waals surface area contributed by atoms with Gasteiger partial charge < -0.3 is 9.84 Å². The van der Waals surface area contributed by atoms with Crippen molar-refractivity contribution in [2.45, 2.75) is 39.3 Å². The largest absolute Gasteiger partial charge is 0.508 e. The van der Waals surface area contributed by atoms with Crippen molar-refractivity contribution in [2.75, 3.05) is 20.3 Å². The second kappa shape index (κ2) is 7.39. The first-order valence-electron chi connectivity index (χ1n) is 6.64. The molecule has 3 nitrogen and oxygen atoms in total. The molecule has 0 aliphatic carbocycles. The van der Waals surface area contributed by atoms with Crippen LogP contribution in [-0.4, -0.2) is 36.3 Å². The van der Waals surface area contributed by atoms with Gasteiger partial charge in [-0.3, -0.25) is 4.90 Å². The van der Waals surface area contributed by atoms with Gasteiger partial charge in [-0.1, -0.05) is 25.1 Å². The van der Waals surface area contributed by atoms with Gasteiger partial charge in [0.1, 0.15) is 5.75 Å². The number of para-hydroxylation sites is 1. The summed E-state index contributed by atoms with van der Waals surface area (Å²) in [5.74, 6) is 0.371. The molecule has 2 unspecified atom stereocenters. The first kappa shape index (κ1) is 15.0. The van der Waals surface area contributed by atoms with Gasteiger partial charge >= 0.3 is 0 Å². The van der Waals surface area contributed by atoms with E-state index < -0.39 is 0 Å². The van der Waals surface area contributed by atoms with Crippen LogP contribution in [0.4, 0.5) is 0 Å². The number of phenols is 1. The van der Waals surface area contributed by atoms with E-state index in [4.69, 9.17) is 4.74 Å². The van der Waals surface area contributed by atoms with Crippen molar-refractivity contribution in [3.05, 3.63) is 29.8 Å². The summed E-state index contributed by atoms with van der Waals surface area (Å²) in [5.41, 5.74) is 0.980. The Kier molecular flexibility index (Phi) is 6.16. The Morgan fingerprint density at radius 2 is 1.94 bits per heavy atom. The molecule has 1 aromatic carbocycles. The van der Waals surface area contributed by atoms with Crippen LogP contribution in [0, 0.1) is 0 Å². The lowest BCUT2D eigenvalue weighted by atomic mass is 10.0. The predicted molar refractivity (Wildman–Crippen MR) is 74.9 cm³/mol. The van der Waals surface area contributed by atoms with Gasteiger partial charge in [-0.2, -0.15) is 0 Å². The zero-order valence-corrected chi connectivity index (χ0v) is 11.9. The van der Waals surface area contributed by atoms with Crippen molar-refractivity contribution in [3.8, 4) is 5.75 Å². The summed E-state index contributed by atoms with van der Waals surface area (Å²) in [4.78, 5) is 2.37. The fourth-order valence-electron chi connectivity index (χ4n) is 2.25. The van der Waals surface area contributed by atoms with Crippen LogP contribution in [0.3, 0.4) is 0 Å². The summed E-state index contributed by atoms with van der Waals surface area (Å²) in [7, 11) is 1.72. The monoisotopic (exact) mass is 251 g/mol. The summed E-state index contributed by atoms with van der Waals surface area (Å²) in [6.07, 6.45) is 1.08.